The third kappa shape index (κ3) is 2.86. The summed E-state index contributed by atoms with van der Waals surface area (Å²) in [6.45, 7) is 3.29. The van der Waals surface area contributed by atoms with Gasteiger partial charge in [0.1, 0.15) is 6.04 Å². The highest BCUT2D eigenvalue weighted by Crippen LogP contribution is 2.25. The molecule has 4 N–H and O–H groups in total. The van der Waals surface area contributed by atoms with Crippen molar-refractivity contribution in [1.82, 2.24) is 4.98 Å². The lowest BCUT2D eigenvalue weighted by molar-refractivity contribution is -0.138. The molecular weight excluding hydrogens is 270 g/mol. The fourth-order valence-corrected chi connectivity index (χ4v) is 2.69. The number of hydrogen-bond acceptors (Lipinski definition) is 4. The number of morpholine rings is 1. The number of aliphatic carboxylic acids is 1. The Morgan fingerprint density at radius 2 is 2.19 bits per heavy atom. The van der Waals surface area contributed by atoms with E-state index in [1.807, 2.05) is 12.3 Å². The Kier molecular flexibility index (Phi) is 3.81. The molecule has 0 saturated carbocycles. The maximum absolute atomic E-state index is 10.9. The maximum atomic E-state index is 10.9. The number of carbonyl (C=O) groups is 1. The van der Waals surface area contributed by atoms with Gasteiger partial charge in [0.05, 0.1) is 13.2 Å². The van der Waals surface area contributed by atoms with Gasteiger partial charge < -0.3 is 25.5 Å². The molecule has 2 aromatic rings. The molecule has 0 amide bonds. The van der Waals surface area contributed by atoms with E-state index in [1.165, 1.54) is 0 Å². The van der Waals surface area contributed by atoms with Gasteiger partial charge in [-0.2, -0.15) is 0 Å². The molecule has 0 radical (unpaired) electrons. The number of carboxylic acid groups (broad SMARTS) is 1. The van der Waals surface area contributed by atoms with Gasteiger partial charge in [0.15, 0.2) is 0 Å². The van der Waals surface area contributed by atoms with Crippen molar-refractivity contribution in [1.29, 1.82) is 0 Å². The number of nitrogens with two attached hydrogens (primary N) is 1. The number of rotatable bonds is 4. The Labute approximate surface area is 122 Å². The lowest BCUT2D eigenvalue weighted by Gasteiger charge is -2.28. The summed E-state index contributed by atoms with van der Waals surface area (Å²) >= 11 is 0. The van der Waals surface area contributed by atoms with Crippen molar-refractivity contribution in [2.75, 3.05) is 31.2 Å². The Morgan fingerprint density at radius 1 is 1.43 bits per heavy atom. The molecule has 112 valence electrons. The molecule has 0 aliphatic carbocycles. The summed E-state index contributed by atoms with van der Waals surface area (Å²) in [5.41, 5.74) is 8.71. The van der Waals surface area contributed by atoms with Crippen LogP contribution in [-0.4, -0.2) is 48.4 Å². The van der Waals surface area contributed by atoms with Crippen LogP contribution in [-0.2, 0) is 16.0 Å². The normalized spacial score (nSPS) is 17.1. The second-order valence-electron chi connectivity index (χ2n) is 5.29. The van der Waals surface area contributed by atoms with Gasteiger partial charge in [0.2, 0.25) is 0 Å². The number of anilines is 1. The first kappa shape index (κ1) is 13.9. The van der Waals surface area contributed by atoms with E-state index in [9.17, 15) is 4.79 Å². The van der Waals surface area contributed by atoms with Crippen LogP contribution >= 0.6 is 0 Å². The van der Waals surface area contributed by atoms with Crippen LogP contribution in [0, 0.1) is 0 Å². The zero-order chi connectivity index (χ0) is 14.8. The highest BCUT2D eigenvalue weighted by atomic mass is 16.5. The van der Waals surface area contributed by atoms with Gasteiger partial charge in [-0.1, -0.05) is 6.07 Å². The van der Waals surface area contributed by atoms with Crippen molar-refractivity contribution < 1.29 is 14.6 Å². The molecule has 1 fully saturated rings. The molecule has 2 heterocycles. The number of aromatic nitrogens is 1. The maximum Gasteiger partial charge on any atom is 0.320 e. The van der Waals surface area contributed by atoms with E-state index in [2.05, 4.69) is 22.0 Å². The summed E-state index contributed by atoms with van der Waals surface area (Å²) in [6, 6.07) is 5.32. The average Bonchev–Trinajstić information content (AvgIpc) is 2.90. The Balaban J connectivity index is 1.85. The van der Waals surface area contributed by atoms with Crippen LogP contribution in [0.1, 0.15) is 5.56 Å². The van der Waals surface area contributed by atoms with Crippen molar-refractivity contribution in [3.8, 4) is 0 Å². The van der Waals surface area contributed by atoms with Crippen molar-refractivity contribution >= 4 is 22.6 Å². The van der Waals surface area contributed by atoms with E-state index in [1.54, 1.807) is 0 Å². The SMILES string of the molecule is N[C@@H](Cc1c[nH]c2cc(N3CCOCC3)ccc12)C(=O)O. The molecular formula is C15H19N3O3. The summed E-state index contributed by atoms with van der Waals surface area (Å²) in [4.78, 5) is 16.4. The van der Waals surface area contributed by atoms with E-state index in [-0.39, 0.29) is 0 Å². The van der Waals surface area contributed by atoms with Crippen molar-refractivity contribution in [2.45, 2.75) is 12.5 Å². The van der Waals surface area contributed by atoms with Gasteiger partial charge in [-0.15, -0.1) is 0 Å². The van der Waals surface area contributed by atoms with Gasteiger partial charge in [-0.05, 0) is 17.7 Å². The molecule has 1 saturated heterocycles. The smallest absolute Gasteiger partial charge is 0.320 e. The predicted molar refractivity (Wildman–Crippen MR) is 80.6 cm³/mol. The lowest BCUT2D eigenvalue weighted by Crippen LogP contribution is -2.36. The largest absolute Gasteiger partial charge is 0.480 e. The zero-order valence-electron chi connectivity index (χ0n) is 11.7. The Morgan fingerprint density at radius 3 is 2.90 bits per heavy atom. The van der Waals surface area contributed by atoms with E-state index in [4.69, 9.17) is 15.6 Å². The minimum Gasteiger partial charge on any atom is -0.480 e. The van der Waals surface area contributed by atoms with E-state index < -0.39 is 12.0 Å². The third-order valence-corrected chi connectivity index (χ3v) is 3.88. The Bertz CT molecular complexity index is 647. The topological polar surface area (TPSA) is 91.6 Å². The molecule has 1 atom stereocenters. The first-order valence-corrected chi connectivity index (χ1v) is 7.06. The molecule has 6 nitrogen and oxygen atoms in total. The molecule has 1 aromatic carbocycles. The molecule has 3 rings (SSSR count). The predicted octanol–water partition coefficient (Wildman–Crippen LogP) is 0.959. The molecule has 0 unspecified atom stereocenters. The number of H-pyrrole nitrogens is 1. The highest BCUT2D eigenvalue weighted by molar-refractivity contribution is 5.87. The number of hydrogen-bond donors (Lipinski definition) is 3. The zero-order valence-corrected chi connectivity index (χ0v) is 11.7. The summed E-state index contributed by atoms with van der Waals surface area (Å²) < 4.78 is 5.36. The van der Waals surface area contributed by atoms with Crippen LogP contribution in [0.2, 0.25) is 0 Å². The summed E-state index contributed by atoms with van der Waals surface area (Å²) in [6.07, 6.45) is 2.17. The van der Waals surface area contributed by atoms with Gasteiger partial charge in [-0.3, -0.25) is 4.79 Å². The van der Waals surface area contributed by atoms with E-state index in [0.717, 1.165) is 48.5 Å². The van der Waals surface area contributed by atoms with Crippen molar-refractivity contribution in [3.63, 3.8) is 0 Å². The minimum atomic E-state index is -0.978. The summed E-state index contributed by atoms with van der Waals surface area (Å²) in [7, 11) is 0. The molecule has 1 aliphatic heterocycles. The first-order chi connectivity index (χ1) is 10.1. The van der Waals surface area contributed by atoms with E-state index >= 15 is 0 Å². The lowest BCUT2D eigenvalue weighted by atomic mass is 10.1. The second-order valence-corrected chi connectivity index (χ2v) is 5.29. The minimum absolute atomic E-state index is 0.326. The van der Waals surface area contributed by atoms with Crippen LogP contribution in [0.3, 0.4) is 0 Å². The van der Waals surface area contributed by atoms with E-state index in [0.29, 0.717) is 6.42 Å². The Hall–Kier alpha value is -2.05. The third-order valence-electron chi connectivity index (χ3n) is 3.88. The number of nitrogens with zero attached hydrogens (tertiary/aromatic N) is 1. The van der Waals surface area contributed by atoms with Crippen LogP contribution in [0.4, 0.5) is 5.69 Å². The number of aromatic amines is 1. The summed E-state index contributed by atoms with van der Waals surface area (Å²) in [5, 5.41) is 9.94. The van der Waals surface area contributed by atoms with Gasteiger partial charge in [0, 0.05) is 42.3 Å². The average molecular weight is 289 g/mol. The standard InChI is InChI=1S/C15H19N3O3/c16-13(15(19)20)7-10-9-17-14-8-11(1-2-12(10)14)18-3-5-21-6-4-18/h1-2,8-9,13,17H,3-7,16H2,(H,19,20)/t13-/m0/s1. The molecule has 1 aromatic heterocycles. The number of fused-ring (bicyclic) bond motifs is 1. The quantitative estimate of drug-likeness (QED) is 0.779. The molecule has 6 heteroatoms. The van der Waals surface area contributed by atoms with Crippen LogP contribution in [0.15, 0.2) is 24.4 Å². The van der Waals surface area contributed by atoms with Crippen LogP contribution < -0.4 is 10.6 Å². The fourth-order valence-electron chi connectivity index (χ4n) is 2.69. The number of ether oxygens (including phenoxy) is 1. The molecule has 0 spiro atoms. The van der Waals surface area contributed by atoms with Gasteiger partial charge >= 0.3 is 5.97 Å². The van der Waals surface area contributed by atoms with Crippen molar-refractivity contribution in [2.24, 2.45) is 5.73 Å². The first-order valence-electron chi connectivity index (χ1n) is 7.06. The fraction of sp³-hybridized carbons (Fsp3) is 0.400. The number of carboxylic acids is 1. The molecule has 21 heavy (non-hydrogen) atoms. The summed E-state index contributed by atoms with van der Waals surface area (Å²) in [5.74, 6) is -0.978. The number of benzene rings is 1. The second kappa shape index (κ2) is 5.75. The molecule has 1 aliphatic rings. The van der Waals surface area contributed by atoms with Crippen LogP contribution in [0.25, 0.3) is 10.9 Å². The van der Waals surface area contributed by atoms with Crippen molar-refractivity contribution in [3.05, 3.63) is 30.0 Å². The monoisotopic (exact) mass is 289 g/mol. The van der Waals surface area contributed by atoms with Crippen LogP contribution in [0.5, 0.6) is 0 Å². The number of nitrogens with one attached hydrogen (secondary N) is 1. The van der Waals surface area contributed by atoms with Gasteiger partial charge in [-0.25, -0.2) is 0 Å². The molecule has 0 bridgehead atoms. The highest BCUT2D eigenvalue weighted by Gasteiger charge is 2.16. The van der Waals surface area contributed by atoms with Gasteiger partial charge in [0.25, 0.3) is 0 Å².